The fourth-order valence-electron chi connectivity index (χ4n) is 4.48. The van der Waals surface area contributed by atoms with E-state index in [1.54, 1.807) is 6.07 Å². The number of furan rings is 1. The summed E-state index contributed by atoms with van der Waals surface area (Å²) in [4.78, 5) is 13.6. The van der Waals surface area contributed by atoms with Crippen LogP contribution in [0.25, 0.3) is 10.8 Å². The highest BCUT2D eigenvalue weighted by Crippen LogP contribution is 2.38. The van der Waals surface area contributed by atoms with E-state index >= 15 is 0 Å². The van der Waals surface area contributed by atoms with Crippen LogP contribution in [-0.2, 0) is 0 Å². The zero-order chi connectivity index (χ0) is 18.8. The molecular formula is C23H25NO3. The van der Waals surface area contributed by atoms with Crippen molar-refractivity contribution in [2.75, 3.05) is 11.4 Å². The minimum atomic E-state index is -1.00. The number of fused-ring (bicyclic) bond motifs is 1. The van der Waals surface area contributed by atoms with Crippen LogP contribution in [0.3, 0.4) is 0 Å². The number of benzene rings is 2. The fourth-order valence-corrected chi connectivity index (χ4v) is 4.48. The third-order valence-electron chi connectivity index (χ3n) is 5.74. The van der Waals surface area contributed by atoms with Gasteiger partial charge in [0.2, 0.25) is 5.76 Å². The Morgan fingerprint density at radius 1 is 1.11 bits per heavy atom. The molecule has 4 heteroatoms. The average molecular weight is 363 g/mol. The van der Waals surface area contributed by atoms with Crippen LogP contribution < -0.4 is 4.90 Å². The summed E-state index contributed by atoms with van der Waals surface area (Å²) in [6.07, 6.45) is 4.32. The Hall–Kier alpha value is -2.75. The largest absolute Gasteiger partial charge is 0.475 e. The lowest BCUT2D eigenvalue weighted by Gasteiger charge is -2.38. The monoisotopic (exact) mass is 363 g/mol. The molecule has 2 aromatic carbocycles. The van der Waals surface area contributed by atoms with Gasteiger partial charge >= 0.3 is 5.97 Å². The van der Waals surface area contributed by atoms with E-state index in [9.17, 15) is 4.79 Å². The molecule has 0 radical (unpaired) electrons. The molecule has 140 valence electrons. The van der Waals surface area contributed by atoms with E-state index in [0.717, 1.165) is 38.0 Å². The van der Waals surface area contributed by atoms with E-state index in [2.05, 4.69) is 54.3 Å². The molecule has 2 atom stereocenters. The van der Waals surface area contributed by atoms with E-state index in [1.807, 2.05) is 6.07 Å². The zero-order valence-electron chi connectivity index (χ0n) is 15.6. The Balaban J connectivity index is 1.61. The van der Waals surface area contributed by atoms with Crippen molar-refractivity contribution >= 4 is 22.4 Å². The Labute approximate surface area is 159 Å². The van der Waals surface area contributed by atoms with Crippen molar-refractivity contribution in [3.05, 3.63) is 66.1 Å². The van der Waals surface area contributed by atoms with Gasteiger partial charge in [0, 0.05) is 29.6 Å². The molecule has 1 fully saturated rings. The summed E-state index contributed by atoms with van der Waals surface area (Å²) >= 11 is 0. The molecule has 4 nitrogen and oxygen atoms in total. The predicted octanol–water partition coefficient (Wildman–Crippen LogP) is 5.68. The van der Waals surface area contributed by atoms with Gasteiger partial charge in [0.25, 0.3) is 0 Å². The molecule has 27 heavy (non-hydrogen) atoms. The van der Waals surface area contributed by atoms with Gasteiger partial charge in [0.05, 0.1) is 0 Å². The van der Waals surface area contributed by atoms with E-state index < -0.39 is 5.97 Å². The molecule has 1 aromatic heterocycles. The number of nitrogens with zero attached hydrogens (tertiary/aromatic N) is 1. The molecule has 0 bridgehead atoms. The molecule has 1 saturated carbocycles. The van der Waals surface area contributed by atoms with Crippen molar-refractivity contribution in [2.24, 2.45) is 0 Å². The Kier molecular flexibility index (Phi) is 4.88. The maximum absolute atomic E-state index is 11.1. The van der Waals surface area contributed by atoms with Crippen LogP contribution in [0.4, 0.5) is 5.69 Å². The Bertz CT molecular complexity index is 940. The number of hydrogen-bond acceptors (Lipinski definition) is 3. The van der Waals surface area contributed by atoms with Crippen molar-refractivity contribution in [1.29, 1.82) is 0 Å². The van der Waals surface area contributed by atoms with Crippen molar-refractivity contribution < 1.29 is 14.3 Å². The molecule has 1 heterocycles. The summed E-state index contributed by atoms with van der Waals surface area (Å²) in [5, 5.41) is 11.7. The number of carboxylic acids is 1. The van der Waals surface area contributed by atoms with Gasteiger partial charge < -0.3 is 14.4 Å². The molecule has 0 spiro atoms. The lowest BCUT2D eigenvalue weighted by Crippen LogP contribution is -2.38. The normalized spacial score (nSPS) is 19.9. The smallest absolute Gasteiger partial charge is 0.371 e. The van der Waals surface area contributed by atoms with Gasteiger partial charge in [-0.05, 0) is 49.8 Å². The van der Waals surface area contributed by atoms with Gasteiger partial charge in [0.15, 0.2) is 0 Å². The molecular weight excluding hydrogens is 338 g/mol. The molecule has 0 amide bonds. The van der Waals surface area contributed by atoms with E-state index in [-0.39, 0.29) is 11.7 Å². The maximum Gasteiger partial charge on any atom is 0.371 e. The second-order valence-electron chi connectivity index (χ2n) is 7.31. The molecule has 3 aromatic rings. The summed E-state index contributed by atoms with van der Waals surface area (Å²) in [6, 6.07) is 18.9. The lowest BCUT2D eigenvalue weighted by atomic mass is 9.83. The second kappa shape index (κ2) is 7.47. The van der Waals surface area contributed by atoms with Crippen molar-refractivity contribution in [1.82, 2.24) is 0 Å². The average Bonchev–Trinajstić information content (AvgIpc) is 3.20. The van der Waals surface area contributed by atoms with Gasteiger partial charge in [-0.3, -0.25) is 0 Å². The summed E-state index contributed by atoms with van der Waals surface area (Å²) in [7, 11) is 0. The zero-order valence-corrected chi connectivity index (χ0v) is 15.6. The fraction of sp³-hybridized carbons (Fsp3) is 0.348. The van der Waals surface area contributed by atoms with Crippen LogP contribution >= 0.6 is 0 Å². The molecule has 4 rings (SSSR count). The summed E-state index contributed by atoms with van der Waals surface area (Å²) in [5.41, 5.74) is 1.28. The highest BCUT2D eigenvalue weighted by atomic mass is 16.4. The summed E-state index contributed by atoms with van der Waals surface area (Å²) in [6.45, 7) is 3.16. The number of carboxylic acid groups (broad SMARTS) is 1. The maximum atomic E-state index is 11.1. The van der Waals surface area contributed by atoms with Crippen LogP contribution in [-0.4, -0.2) is 23.7 Å². The van der Waals surface area contributed by atoms with Crippen molar-refractivity contribution in [3.8, 4) is 0 Å². The highest BCUT2D eigenvalue weighted by Gasteiger charge is 2.30. The van der Waals surface area contributed by atoms with Gasteiger partial charge in [-0.25, -0.2) is 4.79 Å². The lowest BCUT2D eigenvalue weighted by molar-refractivity contribution is 0.0659. The quantitative estimate of drug-likeness (QED) is 0.633. The van der Waals surface area contributed by atoms with Gasteiger partial charge in [0.1, 0.15) is 5.76 Å². The first-order valence-electron chi connectivity index (χ1n) is 9.74. The first kappa shape index (κ1) is 17.7. The van der Waals surface area contributed by atoms with Gasteiger partial charge in [-0.1, -0.05) is 42.8 Å². The van der Waals surface area contributed by atoms with Crippen LogP contribution in [0, 0.1) is 0 Å². The Morgan fingerprint density at radius 2 is 1.93 bits per heavy atom. The summed E-state index contributed by atoms with van der Waals surface area (Å²) < 4.78 is 5.60. The van der Waals surface area contributed by atoms with Crippen LogP contribution in [0.5, 0.6) is 0 Å². The minimum absolute atomic E-state index is 0.0357. The van der Waals surface area contributed by atoms with E-state index in [1.165, 1.54) is 16.5 Å². The van der Waals surface area contributed by atoms with Crippen molar-refractivity contribution in [2.45, 2.75) is 44.6 Å². The number of rotatable bonds is 5. The third-order valence-corrected chi connectivity index (χ3v) is 5.74. The highest BCUT2D eigenvalue weighted by molar-refractivity contribution is 5.94. The van der Waals surface area contributed by atoms with Crippen LogP contribution in [0.2, 0.25) is 0 Å². The molecule has 1 aliphatic carbocycles. The number of carbonyl (C=O) groups is 1. The van der Waals surface area contributed by atoms with Gasteiger partial charge in [-0.15, -0.1) is 0 Å². The molecule has 1 N–H and O–H groups in total. The predicted molar refractivity (Wildman–Crippen MR) is 108 cm³/mol. The van der Waals surface area contributed by atoms with E-state index in [0.29, 0.717) is 6.04 Å². The standard InChI is InChI=1S/C23H25NO3/c1-2-24(20-12-6-8-16-7-3-4-11-19(16)20)18-10-5-9-17(15-18)21-13-14-22(27-21)23(25)26/h3-4,6-8,11-14,17-18H,2,5,9-10,15H2,1H3,(H,25,26). The second-order valence-corrected chi connectivity index (χ2v) is 7.31. The number of hydrogen-bond donors (Lipinski definition) is 1. The van der Waals surface area contributed by atoms with Gasteiger partial charge in [-0.2, -0.15) is 0 Å². The molecule has 0 saturated heterocycles. The minimum Gasteiger partial charge on any atom is -0.475 e. The van der Waals surface area contributed by atoms with Crippen LogP contribution in [0.1, 0.15) is 54.8 Å². The topological polar surface area (TPSA) is 53.7 Å². The first-order valence-corrected chi connectivity index (χ1v) is 9.74. The van der Waals surface area contributed by atoms with Crippen molar-refractivity contribution in [3.63, 3.8) is 0 Å². The van der Waals surface area contributed by atoms with E-state index in [4.69, 9.17) is 9.52 Å². The first-order chi connectivity index (χ1) is 13.2. The number of anilines is 1. The number of aromatic carboxylic acids is 1. The molecule has 1 aliphatic rings. The third kappa shape index (κ3) is 3.44. The van der Waals surface area contributed by atoms with Crippen LogP contribution in [0.15, 0.2) is 59.0 Å². The molecule has 2 unspecified atom stereocenters. The molecule has 0 aliphatic heterocycles. The SMILES string of the molecule is CCN(c1cccc2ccccc12)C1CCCC(c2ccc(C(=O)O)o2)C1. The Morgan fingerprint density at radius 3 is 2.70 bits per heavy atom. The summed E-state index contributed by atoms with van der Waals surface area (Å²) in [5.74, 6) is 0.125.